The highest BCUT2D eigenvalue weighted by atomic mass is 32.2. The van der Waals surface area contributed by atoms with Crippen LogP contribution in [0.1, 0.15) is 5.56 Å². The fraction of sp³-hybridized carbons (Fsp3) is 0.235. The molecule has 2 atom stereocenters. The zero-order chi connectivity index (χ0) is 14.1. The second-order valence-corrected chi connectivity index (χ2v) is 6.16. The molecule has 2 aromatic rings. The van der Waals surface area contributed by atoms with E-state index < -0.39 is 0 Å². The average molecular weight is 297 g/mol. The first-order valence-electron chi connectivity index (χ1n) is 7.02. The van der Waals surface area contributed by atoms with E-state index in [-0.39, 0.29) is 11.5 Å². The van der Waals surface area contributed by atoms with Gasteiger partial charge in [-0.3, -0.25) is 4.99 Å². The lowest BCUT2D eigenvalue weighted by Gasteiger charge is -2.28. The van der Waals surface area contributed by atoms with Crippen LogP contribution in [0.3, 0.4) is 0 Å². The van der Waals surface area contributed by atoms with Crippen LogP contribution in [0.4, 0.5) is 0 Å². The summed E-state index contributed by atoms with van der Waals surface area (Å²) in [4.78, 5) is 4.83. The lowest BCUT2D eigenvalue weighted by molar-refractivity contribution is 0.0911. The molecular weight excluding hydrogens is 282 g/mol. The fourth-order valence-corrected chi connectivity index (χ4v) is 3.67. The minimum Gasteiger partial charge on any atom is -0.486 e. The van der Waals surface area contributed by atoms with Gasteiger partial charge in [0.25, 0.3) is 0 Å². The van der Waals surface area contributed by atoms with E-state index >= 15 is 0 Å². The average Bonchev–Trinajstić information content (AvgIpc) is 3.05. The van der Waals surface area contributed by atoms with Gasteiger partial charge in [-0.2, -0.15) is 0 Å². The van der Waals surface area contributed by atoms with Crippen molar-refractivity contribution in [2.45, 2.75) is 11.5 Å². The minimum atomic E-state index is -0.0221. The Balaban J connectivity index is 1.53. The molecular formula is C17H15NO2S. The van der Waals surface area contributed by atoms with Gasteiger partial charge < -0.3 is 9.47 Å². The number of hydrogen-bond donors (Lipinski definition) is 0. The normalized spacial score (nSPS) is 23.7. The molecule has 0 bridgehead atoms. The summed E-state index contributed by atoms with van der Waals surface area (Å²) in [5, 5.41) is 0.105. The van der Waals surface area contributed by atoms with Gasteiger partial charge in [0.15, 0.2) is 17.6 Å². The second kappa shape index (κ2) is 5.45. The Morgan fingerprint density at radius 2 is 1.71 bits per heavy atom. The van der Waals surface area contributed by atoms with Crippen molar-refractivity contribution in [1.82, 2.24) is 0 Å². The van der Waals surface area contributed by atoms with Crippen LogP contribution in [-0.4, -0.2) is 29.5 Å². The minimum absolute atomic E-state index is 0.0221. The molecule has 0 unspecified atom stereocenters. The number of rotatable bonds is 2. The first-order valence-corrected chi connectivity index (χ1v) is 8.07. The van der Waals surface area contributed by atoms with Gasteiger partial charge >= 0.3 is 0 Å². The Bertz CT molecular complexity index is 672. The molecule has 0 radical (unpaired) electrons. The third-order valence-corrected chi connectivity index (χ3v) is 4.82. The monoisotopic (exact) mass is 297 g/mol. The number of benzene rings is 2. The predicted octanol–water partition coefficient (Wildman–Crippen LogP) is 3.39. The number of fused-ring (bicyclic) bond motifs is 1. The summed E-state index contributed by atoms with van der Waals surface area (Å²) in [5.74, 6) is 2.57. The molecule has 0 spiro atoms. The van der Waals surface area contributed by atoms with Crippen molar-refractivity contribution in [2.75, 3.05) is 12.4 Å². The first-order chi connectivity index (χ1) is 10.4. The molecule has 4 rings (SSSR count). The Morgan fingerprint density at radius 3 is 2.57 bits per heavy atom. The number of thioether (sulfide) groups is 1. The van der Waals surface area contributed by atoms with Gasteiger partial charge in [0.2, 0.25) is 0 Å². The van der Waals surface area contributed by atoms with Gasteiger partial charge in [0, 0.05) is 5.75 Å². The van der Waals surface area contributed by atoms with Crippen LogP contribution in [0, 0.1) is 0 Å². The van der Waals surface area contributed by atoms with E-state index in [1.54, 1.807) is 0 Å². The molecule has 0 saturated heterocycles. The molecule has 0 aromatic heterocycles. The van der Waals surface area contributed by atoms with Crippen LogP contribution in [0.15, 0.2) is 59.6 Å². The zero-order valence-corrected chi connectivity index (χ0v) is 12.3. The van der Waals surface area contributed by atoms with Crippen LogP contribution in [0.2, 0.25) is 0 Å². The quantitative estimate of drug-likeness (QED) is 0.851. The summed E-state index contributed by atoms with van der Waals surface area (Å²) in [6, 6.07) is 18.1. The molecule has 4 heteroatoms. The maximum atomic E-state index is 6.05. The van der Waals surface area contributed by atoms with Crippen LogP contribution >= 0.6 is 11.8 Å². The van der Waals surface area contributed by atoms with Gasteiger partial charge in [-0.1, -0.05) is 42.5 Å². The molecule has 0 fully saturated rings. The maximum absolute atomic E-state index is 6.05. The van der Waals surface area contributed by atoms with Crippen molar-refractivity contribution < 1.29 is 9.47 Å². The molecule has 3 nitrogen and oxygen atoms in total. The standard InChI is InChI=1S/C17H15NO2S/c1-2-6-12(7-3-1)13-11-21-17(18-13)16-10-19-14-8-4-5-9-15(14)20-16/h1-9,16-17H,10-11H2/t16-,17-/m0/s1. The Morgan fingerprint density at radius 1 is 0.952 bits per heavy atom. The summed E-state index contributed by atoms with van der Waals surface area (Å²) >= 11 is 1.82. The van der Waals surface area contributed by atoms with E-state index in [0.29, 0.717) is 6.61 Å². The largest absolute Gasteiger partial charge is 0.486 e. The van der Waals surface area contributed by atoms with Gasteiger partial charge in [0.05, 0.1) is 5.71 Å². The molecule has 0 aliphatic carbocycles. The third-order valence-electron chi connectivity index (χ3n) is 3.63. The van der Waals surface area contributed by atoms with Crippen molar-refractivity contribution in [3.63, 3.8) is 0 Å². The molecule has 2 aliphatic rings. The van der Waals surface area contributed by atoms with E-state index in [0.717, 1.165) is 23.0 Å². The highest BCUT2D eigenvalue weighted by Gasteiger charge is 2.32. The summed E-state index contributed by atoms with van der Waals surface area (Å²) in [7, 11) is 0. The lowest BCUT2D eigenvalue weighted by Crippen LogP contribution is -2.36. The van der Waals surface area contributed by atoms with E-state index in [1.165, 1.54) is 5.56 Å². The van der Waals surface area contributed by atoms with Crippen LogP contribution in [0.5, 0.6) is 11.5 Å². The summed E-state index contributed by atoms with van der Waals surface area (Å²) in [6.45, 7) is 0.556. The van der Waals surface area contributed by atoms with E-state index in [1.807, 2.05) is 54.2 Å². The summed E-state index contributed by atoms with van der Waals surface area (Å²) < 4.78 is 11.8. The number of nitrogens with zero attached hydrogens (tertiary/aromatic N) is 1. The van der Waals surface area contributed by atoms with Gasteiger partial charge in [0.1, 0.15) is 12.0 Å². The van der Waals surface area contributed by atoms with Gasteiger partial charge in [-0.25, -0.2) is 0 Å². The van der Waals surface area contributed by atoms with Gasteiger partial charge in [-0.05, 0) is 17.7 Å². The molecule has 2 aromatic carbocycles. The molecule has 2 aliphatic heterocycles. The van der Waals surface area contributed by atoms with Crippen molar-refractivity contribution in [3.05, 3.63) is 60.2 Å². The SMILES string of the molecule is c1ccc(C2=N[C@H]([C@@H]3COc4ccccc4O3)SC2)cc1. The smallest absolute Gasteiger partial charge is 0.164 e. The molecule has 0 N–H and O–H groups in total. The zero-order valence-electron chi connectivity index (χ0n) is 11.4. The number of aliphatic imine (C=N–C) groups is 1. The van der Waals surface area contributed by atoms with Crippen LogP contribution in [0.25, 0.3) is 0 Å². The van der Waals surface area contributed by atoms with Crippen LogP contribution < -0.4 is 9.47 Å². The lowest BCUT2D eigenvalue weighted by atomic mass is 10.1. The molecule has 21 heavy (non-hydrogen) atoms. The molecule has 106 valence electrons. The van der Waals surface area contributed by atoms with E-state index in [9.17, 15) is 0 Å². The van der Waals surface area contributed by atoms with Crippen LogP contribution in [-0.2, 0) is 0 Å². The van der Waals surface area contributed by atoms with Crippen molar-refractivity contribution in [1.29, 1.82) is 0 Å². The number of ether oxygens (including phenoxy) is 2. The van der Waals surface area contributed by atoms with Crippen molar-refractivity contribution in [2.24, 2.45) is 4.99 Å². The van der Waals surface area contributed by atoms with E-state index in [2.05, 4.69) is 12.1 Å². The molecule has 0 amide bonds. The second-order valence-electron chi connectivity index (χ2n) is 5.06. The fourth-order valence-electron chi connectivity index (χ4n) is 2.55. The third kappa shape index (κ3) is 2.51. The maximum Gasteiger partial charge on any atom is 0.164 e. The Hall–Kier alpha value is -1.94. The Kier molecular flexibility index (Phi) is 3.31. The van der Waals surface area contributed by atoms with E-state index in [4.69, 9.17) is 14.5 Å². The number of para-hydroxylation sites is 2. The summed E-state index contributed by atoms with van der Waals surface area (Å²) in [6.07, 6.45) is -0.0221. The summed E-state index contributed by atoms with van der Waals surface area (Å²) in [5.41, 5.74) is 2.35. The van der Waals surface area contributed by atoms with Gasteiger partial charge in [-0.15, -0.1) is 11.8 Å². The Labute approximate surface area is 128 Å². The molecule has 0 saturated carbocycles. The highest BCUT2D eigenvalue weighted by molar-refractivity contribution is 8.01. The topological polar surface area (TPSA) is 30.8 Å². The van der Waals surface area contributed by atoms with Crippen molar-refractivity contribution in [3.8, 4) is 11.5 Å². The predicted molar refractivity (Wildman–Crippen MR) is 85.6 cm³/mol. The first kappa shape index (κ1) is 12.8. The molecule has 2 heterocycles. The number of hydrogen-bond acceptors (Lipinski definition) is 4. The highest BCUT2D eigenvalue weighted by Crippen LogP contribution is 2.35. The van der Waals surface area contributed by atoms with Crippen molar-refractivity contribution >= 4 is 17.5 Å².